The topological polar surface area (TPSA) is 52.0 Å². The Morgan fingerprint density at radius 2 is 1.76 bits per heavy atom. The maximum absolute atomic E-state index is 6.44. The van der Waals surface area contributed by atoms with Crippen molar-refractivity contribution in [1.29, 1.82) is 0 Å². The van der Waals surface area contributed by atoms with Crippen molar-refractivity contribution in [3.05, 3.63) is 94.9 Å². The number of benzene rings is 3. The lowest BCUT2D eigenvalue weighted by molar-refractivity contribution is 0.417. The van der Waals surface area contributed by atoms with Gasteiger partial charge in [0, 0.05) is 27.5 Å². The molecule has 3 aromatic carbocycles. The van der Waals surface area contributed by atoms with E-state index in [-0.39, 0.29) is 0 Å². The Bertz CT molecular complexity index is 1460. The molecule has 0 aliphatic carbocycles. The number of fused-ring (bicyclic) bond motifs is 1. The number of methoxy groups -OCH3 is 1. The predicted molar refractivity (Wildman–Crippen MR) is 135 cm³/mol. The molecule has 164 valence electrons. The van der Waals surface area contributed by atoms with Gasteiger partial charge in [0.15, 0.2) is 5.65 Å². The van der Waals surface area contributed by atoms with Crippen LogP contribution in [0.25, 0.3) is 27.8 Å². The van der Waals surface area contributed by atoms with Gasteiger partial charge in [0.05, 0.1) is 18.2 Å². The highest BCUT2D eigenvalue weighted by Crippen LogP contribution is 2.38. The van der Waals surface area contributed by atoms with Crippen molar-refractivity contribution < 1.29 is 4.74 Å². The third kappa shape index (κ3) is 4.01. The molecule has 7 heteroatoms. The smallest absolute Gasteiger partial charge is 0.150 e. The number of nitrogens with one attached hydrogen (secondary N) is 1. The second-order valence-corrected chi connectivity index (χ2v) is 8.45. The summed E-state index contributed by atoms with van der Waals surface area (Å²) in [6.45, 7) is 1.98. The fraction of sp³-hybridized carbons (Fsp3) is 0.0769. The number of hydrogen-bond donors (Lipinski definition) is 1. The van der Waals surface area contributed by atoms with Crippen molar-refractivity contribution in [3.8, 4) is 22.6 Å². The summed E-state index contributed by atoms with van der Waals surface area (Å²) >= 11 is 12.7. The zero-order chi connectivity index (χ0) is 22.9. The fourth-order valence-electron chi connectivity index (χ4n) is 3.83. The number of aryl methyl sites for hydroxylation is 1. The van der Waals surface area contributed by atoms with E-state index in [1.165, 1.54) is 0 Å². The van der Waals surface area contributed by atoms with E-state index in [4.69, 9.17) is 27.9 Å². The van der Waals surface area contributed by atoms with Crippen LogP contribution in [0, 0.1) is 6.92 Å². The van der Waals surface area contributed by atoms with Crippen LogP contribution in [0.2, 0.25) is 10.0 Å². The molecule has 0 saturated carbocycles. The molecule has 0 fully saturated rings. The van der Waals surface area contributed by atoms with Crippen LogP contribution in [0.3, 0.4) is 0 Å². The normalized spacial score (nSPS) is 11.0. The highest BCUT2D eigenvalue weighted by Gasteiger charge is 2.19. The number of anilines is 2. The maximum atomic E-state index is 6.44. The lowest BCUT2D eigenvalue weighted by Gasteiger charge is -2.12. The second kappa shape index (κ2) is 8.77. The molecule has 2 heterocycles. The van der Waals surface area contributed by atoms with Crippen molar-refractivity contribution in [2.24, 2.45) is 0 Å². The third-order valence-electron chi connectivity index (χ3n) is 5.52. The van der Waals surface area contributed by atoms with Crippen LogP contribution in [0.1, 0.15) is 5.56 Å². The van der Waals surface area contributed by atoms with Gasteiger partial charge in [0.2, 0.25) is 0 Å². The van der Waals surface area contributed by atoms with Gasteiger partial charge in [-0.05, 0) is 48.4 Å². The molecule has 33 heavy (non-hydrogen) atoms. The average Bonchev–Trinajstić information content (AvgIpc) is 3.22. The summed E-state index contributed by atoms with van der Waals surface area (Å²) in [6.07, 6.45) is 3.61. The van der Waals surface area contributed by atoms with Crippen LogP contribution in [0.15, 0.2) is 79.3 Å². The highest BCUT2D eigenvalue weighted by atomic mass is 35.5. The molecular weight excluding hydrogens is 455 g/mol. The summed E-state index contributed by atoms with van der Waals surface area (Å²) in [7, 11) is 1.62. The summed E-state index contributed by atoms with van der Waals surface area (Å²) in [5.74, 6) is 1.31. The number of halogens is 2. The molecule has 0 aliphatic rings. The van der Waals surface area contributed by atoms with E-state index >= 15 is 0 Å². The first-order chi connectivity index (χ1) is 16.0. The molecule has 0 saturated heterocycles. The summed E-state index contributed by atoms with van der Waals surface area (Å²) in [5.41, 5.74) is 5.46. The first-order valence-electron chi connectivity index (χ1n) is 10.3. The molecule has 0 atom stereocenters. The van der Waals surface area contributed by atoms with Crippen LogP contribution in [0.5, 0.6) is 5.75 Å². The monoisotopic (exact) mass is 474 g/mol. The standard InChI is InChI=1S/C26H20Cl2N4O/c1-16-8-10-19(13-21(16)28)32-14-20(17-6-4-3-5-7-17)24-25(29-15-30-26(24)32)31-22-12-18(27)9-11-23(22)33-2/h3-15H,1-2H3,(H,29,30,31). The summed E-state index contributed by atoms with van der Waals surface area (Å²) in [5, 5.41) is 5.58. The van der Waals surface area contributed by atoms with Gasteiger partial charge in [-0.3, -0.25) is 0 Å². The van der Waals surface area contributed by atoms with Gasteiger partial charge in [-0.25, -0.2) is 9.97 Å². The SMILES string of the molecule is COc1ccc(Cl)cc1Nc1ncnc2c1c(-c1ccccc1)cn2-c1ccc(C)c(Cl)c1. The lowest BCUT2D eigenvalue weighted by Crippen LogP contribution is -2.00. The summed E-state index contributed by atoms with van der Waals surface area (Å²) in [4.78, 5) is 9.20. The van der Waals surface area contributed by atoms with Crippen molar-refractivity contribution in [1.82, 2.24) is 14.5 Å². The average molecular weight is 475 g/mol. The molecule has 0 radical (unpaired) electrons. The highest BCUT2D eigenvalue weighted by molar-refractivity contribution is 6.31. The number of hydrogen-bond acceptors (Lipinski definition) is 4. The lowest BCUT2D eigenvalue weighted by atomic mass is 10.1. The zero-order valence-corrected chi connectivity index (χ0v) is 19.5. The first-order valence-corrected chi connectivity index (χ1v) is 11.1. The minimum absolute atomic E-state index is 0.596. The van der Waals surface area contributed by atoms with Gasteiger partial charge < -0.3 is 14.6 Å². The van der Waals surface area contributed by atoms with Crippen LogP contribution in [-0.4, -0.2) is 21.6 Å². The van der Waals surface area contributed by atoms with E-state index in [1.807, 2.05) is 60.0 Å². The fourth-order valence-corrected chi connectivity index (χ4v) is 4.17. The zero-order valence-electron chi connectivity index (χ0n) is 18.0. The molecule has 5 nitrogen and oxygen atoms in total. The van der Waals surface area contributed by atoms with Gasteiger partial charge in [0.25, 0.3) is 0 Å². The van der Waals surface area contributed by atoms with E-state index < -0.39 is 0 Å². The molecule has 5 rings (SSSR count). The van der Waals surface area contributed by atoms with Gasteiger partial charge >= 0.3 is 0 Å². The molecule has 0 aliphatic heterocycles. The van der Waals surface area contributed by atoms with Crippen LogP contribution >= 0.6 is 23.2 Å². The quantitative estimate of drug-likeness (QED) is 0.287. The van der Waals surface area contributed by atoms with Crippen molar-refractivity contribution in [2.75, 3.05) is 12.4 Å². The number of ether oxygens (including phenoxy) is 1. The summed E-state index contributed by atoms with van der Waals surface area (Å²) < 4.78 is 7.55. The Morgan fingerprint density at radius 1 is 0.939 bits per heavy atom. The molecule has 0 amide bonds. The van der Waals surface area contributed by atoms with Gasteiger partial charge in [-0.2, -0.15) is 0 Å². The Kier molecular flexibility index (Phi) is 5.67. The largest absolute Gasteiger partial charge is 0.495 e. The van der Waals surface area contributed by atoms with E-state index in [1.54, 1.807) is 19.5 Å². The molecule has 0 unspecified atom stereocenters. The molecule has 0 spiro atoms. The Morgan fingerprint density at radius 3 is 2.52 bits per heavy atom. The van der Waals surface area contributed by atoms with Gasteiger partial charge in [0.1, 0.15) is 17.9 Å². The Balaban J connectivity index is 1.76. The Hall–Kier alpha value is -3.54. The van der Waals surface area contributed by atoms with E-state index in [9.17, 15) is 0 Å². The third-order valence-corrected chi connectivity index (χ3v) is 6.16. The van der Waals surface area contributed by atoms with Crippen molar-refractivity contribution in [2.45, 2.75) is 6.92 Å². The first kappa shape index (κ1) is 21.3. The van der Waals surface area contributed by atoms with Crippen LogP contribution < -0.4 is 10.1 Å². The van der Waals surface area contributed by atoms with Gasteiger partial charge in [-0.1, -0.05) is 59.6 Å². The van der Waals surface area contributed by atoms with E-state index in [0.717, 1.165) is 39.1 Å². The molecule has 5 aromatic rings. The molecule has 0 bridgehead atoms. The number of aromatic nitrogens is 3. The van der Waals surface area contributed by atoms with E-state index in [0.29, 0.717) is 21.6 Å². The number of nitrogens with zero attached hydrogens (tertiary/aromatic N) is 3. The van der Waals surface area contributed by atoms with Crippen molar-refractivity contribution in [3.63, 3.8) is 0 Å². The van der Waals surface area contributed by atoms with Crippen LogP contribution in [0.4, 0.5) is 11.5 Å². The van der Waals surface area contributed by atoms with Crippen LogP contribution in [-0.2, 0) is 0 Å². The Labute approximate surface area is 201 Å². The minimum Gasteiger partial charge on any atom is -0.495 e. The molecule has 2 aromatic heterocycles. The number of rotatable bonds is 5. The van der Waals surface area contributed by atoms with E-state index in [2.05, 4.69) is 33.6 Å². The maximum Gasteiger partial charge on any atom is 0.150 e. The predicted octanol–water partition coefficient (Wildman–Crippen LogP) is 7.45. The van der Waals surface area contributed by atoms with Crippen molar-refractivity contribution >= 4 is 45.7 Å². The molecule has 1 N–H and O–H groups in total. The van der Waals surface area contributed by atoms with Gasteiger partial charge in [-0.15, -0.1) is 0 Å². The molecular formula is C26H20Cl2N4O. The summed E-state index contributed by atoms with van der Waals surface area (Å²) in [6, 6.07) is 21.6. The second-order valence-electron chi connectivity index (χ2n) is 7.60. The minimum atomic E-state index is 0.596.